The Kier molecular flexibility index (Phi) is 8.33. The highest BCUT2D eigenvalue weighted by Crippen LogP contribution is 2.17. The van der Waals surface area contributed by atoms with Crippen LogP contribution in [0.15, 0.2) is 0 Å². The number of nitrogens with one attached hydrogen (secondary N) is 1. The maximum absolute atomic E-state index is 3.51. The van der Waals surface area contributed by atoms with E-state index in [0.29, 0.717) is 0 Å². The fourth-order valence-corrected chi connectivity index (χ4v) is 3.33. The smallest absolute Gasteiger partial charge is 0.0147 e. The van der Waals surface area contributed by atoms with Gasteiger partial charge in [-0.05, 0) is 38.4 Å². The molecular weight excluding hydrogens is 228 g/mol. The van der Waals surface area contributed by atoms with Crippen LogP contribution in [0.25, 0.3) is 0 Å². The summed E-state index contributed by atoms with van der Waals surface area (Å²) in [5, 5.41) is 4.36. The molecule has 17 heavy (non-hydrogen) atoms. The normalized spacial score (nSPS) is 22.2. The van der Waals surface area contributed by atoms with E-state index in [1.807, 2.05) is 0 Å². The molecule has 1 heterocycles. The number of rotatable bonds is 8. The van der Waals surface area contributed by atoms with Crippen LogP contribution in [0.3, 0.4) is 0 Å². The summed E-state index contributed by atoms with van der Waals surface area (Å²) in [6, 6.07) is 0. The van der Waals surface area contributed by atoms with Crippen LogP contribution in [0.4, 0.5) is 0 Å². The first-order valence-corrected chi connectivity index (χ1v) is 8.28. The Hall–Kier alpha value is 0.270. The van der Waals surface area contributed by atoms with E-state index in [1.54, 1.807) is 0 Å². The molecule has 0 spiro atoms. The molecule has 0 saturated carbocycles. The maximum Gasteiger partial charge on any atom is 0.0147 e. The van der Waals surface area contributed by atoms with Crippen molar-refractivity contribution in [2.45, 2.75) is 45.3 Å². The fourth-order valence-electron chi connectivity index (χ4n) is 2.25. The van der Waals surface area contributed by atoms with Gasteiger partial charge in [0.05, 0.1) is 0 Å². The number of nitrogens with zero attached hydrogens (tertiary/aromatic N) is 1. The van der Waals surface area contributed by atoms with Crippen LogP contribution in [-0.2, 0) is 0 Å². The van der Waals surface area contributed by atoms with Crippen LogP contribution in [0.1, 0.15) is 40.0 Å². The van der Waals surface area contributed by atoms with Gasteiger partial charge in [-0.2, -0.15) is 11.8 Å². The van der Waals surface area contributed by atoms with Gasteiger partial charge in [0.15, 0.2) is 0 Å². The summed E-state index contributed by atoms with van der Waals surface area (Å²) in [5.41, 5.74) is 0. The standard InChI is InChI=1S/C14H30N2S/c1-13(2)11-15-7-5-4-6-8-16-9-10-17-14(3)12-16/h13-15H,4-12H2,1-3H3. The molecule has 2 nitrogen and oxygen atoms in total. The minimum absolute atomic E-state index is 0.780. The van der Waals surface area contributed by atoms with Crippen LogP contribution < -0.4 is 5.32 Å². The van der Waals surface area contributed by atoms with E-state index >= 15 is 0 Å². The Balaban J connectivity index is 1.86. The summed E-state index contributed by atoms with van der Waals surface area (Å²) in [4.78, 5) is 2.64. The zero-order valence-electron chi connectivity index (χ0n) is 11.9. The summed E-state index contributed by atoms with van der Waals surface area (Å²) >= 11 is 2.12. The van der Waals surface area contributed by atoms with Crippen molar-refractivity contribution in [3.05, 3.63) is 0 Å². The van der Waals surface area contributed by atoms with Crippen molar-refractivity contribution in [1.29, 1.82) is 0 Å². The minimum atomic E-state index is 0.780. The van der Waals surface area contributed by atoms with E-state index in [-0.39, 0.29) is 0 Å². The lowest BCUT2D eigenvalue weighted by Crippen LogP contribution is -2.37. The lowest BCUT2D eigenvalue weighted by Gasteiger charge is -2.30. The van der Waals surface area contributed by atoms with Gasteiger partial charge in [-0.1, -0.05) is 27.2 Å². The SMILES string of the molecule is CC(C)CNCCCCCN1CCSC(C)C1. The highest BCUT2D eigenvalue weighted by atomic mass is 32.2. The second-order valence-electron chi connectivity index (χ2n) is 5.64. The van der Waals surface area contributed by atoms with Gasteiger partial charge in [0, 0.05) is 24.1 Å². The molecule has 1 atom stereocenters. The van der Waals surface area contributed by atoms with Gasteiger partial charge in [0.2, 0.25) is 0 Å². The van der Waals surface area contributed by atoms with Gasteiger partial charge >= 0.3 is 0 Å². The first-order valence-electron chi connectivity index (χ1n) is 7.23. The molecule has 1 unspecified atom stereocenters. The Bertz CT molecular complexity index is 185. The molecule has 0 amide bonds. The summed E-state index contributed by atoms with van der Waals surface area (Å²) in [5.74, 6) is 2.11. The van der Waals surface area contributed by atoms with Gasteiger partial charge in [0.25, 0.3) is 0 Å². The molecular formula is C14H30N2S. The summed E-state index contributed by atoms with van der Waals surface area (Å²) < 4.78 is 0. The van der Waals surface area contributed by atoms with E-state index in [1.165, 1.54) is 57.7 Å². The highest BCUT2D eigenvalue weighted by Gasteiger charge is 2.15. The van der Waals surface area contributed by atoms with Crippen LogP contribution in [-0.4, -0.2) is 48.6 Å². The molecule has 1 aliphatic rings. The van der Waals surface area contributed by atoms with E-state index in [9.17, 15) is 0 Å². The number of thioether (sulfide) groups is 1. The Morgan fingerprint density at radius 3 is 2.82 bits per heavy atom. The summed E-state index contributed by atoms with van der Waals surface area (Å²) in [6.07, 6.45) is 4.09. The van der Waals surface area contributed by atoms with Gasteiger partial charge in [-0.15, -0.1) is 0 Å². The van der Waals surface area contributed by atoms with Crippen molar-refractivity contribution in [2.24, 2.45) is 5.92 Å². The molecule has 1 rings (SSSR count). The van der Waals surface area contributed by atoms with Crippen molar-refractivity contribution < 1.29 is 0 Å². The molecule has 0 aromatic heterocycles. The zero-order valence-corrected chi connectivity index (χ0v) is 12.7. The molecule has 0 aliphatic carbocycles. The Morgan fingerprint density at radius 2 is 2.12 bits per heavy atom. The molecule has 1 saturated heterocycles. The fraction of sp³-hybridized carbons (Fsp3) is 1.00. The predicted octanol–water partition coefficient (Wildman–Crippen LogP) is 2.84. The van der Waals surface area contributed by atoms with E-state index in [4.69, 9.17) is 0 Å². The van der Waals surface area contributed by atoms with Crippen molar-refractivity contribution in [1.82, 2.24) is 10.2 Å². The van der Waals surface area contributed by atoms with Gasteiger partial charge < -0.3 is 10.2 Å². The number of unbranched alkanes of at least 4 members (excludes halogenated alkanes) is 2. The van der Waals surface area contributed by atoms with E-state index in [0.717, 1.165) is 11.2 Å². The second-order valence-corrected chi connectivity index (χ2v) is 7.19. The third-order valence-electron chi connectivity index (χ3n) is 3.21. The Morgan fingerprint density at radius 1 is 1.29 bits per heavy atom. The van der Waals surface area contributed by atoms with Crippen molar-refractivity contribution in [3.63, 3.8) is 0 Å². The average molecular weight is 258 g/mol. The third kappa shape index (κ3) is 8.06. The van der Waals surface area contributed by atoms with Crippen LogP contribution >= 0.6 is 11.8 Å². The Labute approximate surface area is 112 Å². The van der Waals surface area contributed by atoms with Crippen LogP contribution in [0.2, 0.25) is 0 Å². The van der Waals surface area contributed by atoms with E-state index in [2.05, 4.69) is 42.7 Å². The van der Waals surface area contributed by atoms with Crippen molar-refractivity contribution >= 4 is 11.8 Å². The molecule has 0 radical (unpaired) electrons. The number of hydrogen-bond acceptors (Lipinski definition) is 3. The molecule has 1 N–H and O–H groups in total. The highest BCUT2D eigenvalue weighted by molar-refractivity contribution is 7.99. The lowest BCUT2D eigenvalue weighted by molar-refractivity contribution is 0.279. The average Bonchev–Trinajstić information content (AvgIpc) is 2.27. The third-order valence-corrected chi connectivity index (χ3v) is 4.34. The van der Waals surface area contributed by atoms with Crippen molar-refractivity contribution in [2.75, 3.05) is 38.5 Å². The first kappa shape index (κ1) is 15.3. The first-order chi connectivity index (χ1) is 8.18. The minimum Gasteiger partial charge on any atom is -0.316 e. The van der Waals surface area contributed by atoms with Gasteiger partial charge in [-0.3, -0.25) is 0 Å². The van der Waals surface area contributed by atoms with E-state index < -0.39 is 0 Å². The second kappa shape index (κ2) is 9.23. The molecule has 1 fully saturated rings. The molecule has 0 aromatic rings. The molecule has 0 aromatic carbocycles. The number of hydrogen-bond donors (Lipinski definition) is 1. The van der Waals surface area contributed by atoms with Gasteiger partial charge in [-0.25, -0.2) is 0 Å². The zero-order chi connectivity index (χ0) is 12.5. The quantitative estimate of drug-likeness (QED) is 0.674. The monoisotopic (exact) mass is 258 g/mol. The largest absolute Gasteiger partial charge is 0.316 e. The lowest BCUT2D eigenvalue weighted by atomic mass is 10.2. The molecule has 1 aliphatic heterocycles. The maximum atomic E-state index is 3.51. The van der Waals surface area contributed by atoms with Crippen LogP contribution in [0.5, 0.6) is 0 Å². The van der Waals surface area contributed by atoms with Crippen LogP contribution in [0, 0.1) is 5.92 Å². The summed E-state index contributed by atoms with van der Waals surface area (Å²) in [6.45, 7) is 13.2. The van der Waals surface area contributed by atoms with Crippen molar-refractivity contribution in [3.8, 4) is 0 Å². The predicted molar refractivity (Wildman–Crippen MR) is 79.9 cm³/mol. The molecule has 3 heteroatoms. The van der Waals surface area contributed by atoms with Gasteiger partial charge in [0.1, 0.15) is 0 Å². The molecule has 102 valence electrons. The summed E-state index contributed by atoms with van der Waals surface area (Å²) in [7, 11) is 0. The topological polar surface area (TPSA) is 15.3 Å². The molecule has 0 bridgehead atoms.